The Bertz CT molecular complexity index is 693. The number of likely N-dealkylation sites (tertiary alicyclic amines) is 1. The van der Waals surface area contributed by atoms with Gasteiger partial charge in [-0.1, -0.05) is 28.1 Å². The minimum Gasteiger partial charge on any atom is -0.496 e. The molecule has 3 nitrogen and oxygen atoms in total. The van der Waals surface area contributed by atoms with Gasteiger partial charge >= 0.3 is 0 Å². The first-order valence-corrected chi connectivity index (χ1v) is 8.51. The van der Waals surface area contributed by atoms with Crippen LogP contribution >= 0.6 is 15.9 Å². The number of amides is 1. The van der Waals surface area contributed by atoms with Crippen molar-refractivity contribution in [2.45, 2.75) is 25.7 Å². The molecule has 1 saturated heterocycles. The van der Waals surface area contributed by atoms with Crippen molar-refractivity contribution in [2.24, 2.45) is 0 Å². The number of hydrogen-bond acceptors (Lipinski definition) is 2. The maximum atomic E-state index is 12.6. The summed E-state index contributed by atoms with van der Waals surface area (Å²) in [5.74, 6) is 0.994. The number of methoxy groups -OCH3 is 1. The smallest absolute Gasteiger partial charge is 0.227 e. The van der Waals surface area contributed by atoms with E-state index in [9.17, 15) is 4.79 Å². The first-order valence-electron chi connectivity index (χ1n) is 7.72. The van der Waals surface area contributed by atoms with Gasteiger partial charge in [-0.25, -0.2) is 0 Å². The Morgan fingerprint density at radius 1 is 1.18 bits per heavy atom. The molecule has 0 spiro atoms. The van der Waals surface area contributed by atoms with Crippen LogP contribution in [0, 0.1) is 0 Å². The lowest BCUT2D eigenvalue weighted by atomic mass is 10.00. The van der Waals surface area contributed by atoms with Crippen LogP contribution in [0.3, 0.4) is 0 Å². The quantitative estimate of drug-likeness (QED) is 0.820. The van der Waals surface area contributed by atoms with Gasteiger partial charge in [0.05, 0.1) is 13.5 Å². The van der Waals surface area contributed by atoms with Gasteiger partial charge in [0.1, 0.15) is 5.75 Å². The second-order valence-corrected chi connectivity index (χ2v) is 6.65. The number of nitrogens with zero attached hydrogens (tertiary/aromatic N) is 1. The fraction of sp³-hybridized carbons (Fsp3) is 0.389. The third-order valence-corrected chi connectivity index (χ3v) is 4.80. The van der Waals surface area contributed by atoms with Crippen LogP contribution in [0.1, 0.15) is 24.8 Å². The standard InChI is InChI=1S/C18H20BrNO2/c1-22-17-8-5-13-11-14(19)6-7-15(13)16(17)12-18(21)20-9-3-2-4-10-20/h5-8,11H,2-4,9-10,12H2,1H3. The summed E-state index contributed by atoms with van der Waals surface area (Å²) in [5.41, 5.74) is 0.989. The number of halogens is 1. The van der Waals surface area contributed by atoms with Gasteiger partial charge in [-0.2, -0.15) is 0 Å². The van der Waals surface area contributed by atoms with E-state index in [2.05, 4.69) is 28.1 Å². The topological polar surface area (TPSA) is 29.5 Å². The third kappa shape index (κ3) is 3.12. The highest BCUT2D eigenvalue weighted by Gasteiger charge is 2.19. The molecule has 0 saturated carbocycles. The Kier molecular flexibility index (Phi) is 4.67. The summed E-state index contributed by atoms with van der Waals surface area (Å²) in [6.07, 6.45) is 3.87. The number of ether oxygens (including phenoxy) is 1. The summed E-state index contributed by atoms with van der Waals surface area (Å²) in [7, 11) is 1.66. The lowest BCUT2D eigenvalue weighted by molar-refractivity contribution is -0.131. The molecule has 0 atom stereocenters. The fourth-order valence-corrected chi connectivity index (χ4v) is 3.50. The van der Waals surface area contributed by atoms with Crippen molar-refractivity contribution >= 4 is 32.6 Å². The van der Waals surface area contributed by atoms with Crippen molar-refractivity contribution < 1.29 is 9.53 Å². The summed E-state index contributed by atoms with van der Waals surface area (Å²) in [5, 5.41) is 2.21. The van der Waals surface area contributed by atoms with E-state index in [0.717, 1.165) is 52.5 Å². The van der Waals surface area contributed by atoms with Crippen molar-refractivity contribution in [1.82, 2.24) is 4.90 Å². The van der Waals surface area contributed by atoms with Gasteiger partial charge in [-0.05, 0) is 48.2 Å². The highest BCUT2D eigenvalue weighted by Crippen LogP contribution is 2.31. The van der Waals surface area contributed by atoms with Crippen LogP contribution in [0.15, 0.2) is 34.8 Å². The van der Waals surface area contributed by atoms with Gasteiger partial charge < -0.3 is 9.64 Å². The number of piperidine rings is 1. The average molecular weight is 362 g/mol. The molecule has 3 rings (SSSR count). The number of hydrogen-bond donors (Lipinski definition) is 0. The monoisotopic (exact) mass is 361 g/mol. The summed E-state index contributed by atoms with van der Waals surface area (Å²) >= 11 is 3.50. The zero-order valence-electron chi connectivity index (χ0n) is 12.8. The number of carbonyl (C=O) groups excluding carboxylic acids is 1. The fourth-order valence-electron chi connectivity index (χ4n) is 3.13. The molecule has 1 heterocycles. The Morgan fingerprint density at radius 2 is 1.95 bits per heavy atom. The molecule has 1 amide bonds. The molecule has 22 heavy (non-hydrogen) atoms. The normalized spacial score (nSPS) is 15.1. The molecule has 0 unspecified atom stereocenters. The van der Waals surface area contributed by atoms with Crippen molar-refractivity contribution in [1.29, 1.82) is 0 Å². The second kappa shape index (κ2) is 6.69. The van der Waals surface area contributed by atoms with Crippen LogP contribution in [0.5, 0.6) is 5.75 Å². The Hall–Kier alpha value is -1.55. The van der Waals surface area contributed by atoms with Gasteiger partial charge in [0.2, 0.25) is 5.91 Å². The van der Waals surface area contributed by atoms with Gasteiger partial charge in [-0.3, -0.25) is 4.79 Å². The lowest BCUT2D eigenvalue weighted by Crippen LogP contribution is -2.36. The molecular formula is C18H20BrNO2. The van der Waals surface area contributed by atoms with E-state index in [1.54, 1.807) is 7.11 Å². The third-order valence-electron chi connectivity index (χ3n) is 4.31. The zero-order chi connectivity index (χ0) is 15.5. The molecule has 1 aliphatic rings. The van der Waals surface area contributed by atoms with Crippen LogP contribution in [-0.2, 0) is 11.2 Å². The number of rotatable bonds is 3. The molecule has 2 aromatic carbocycles. The second-order valence-electron chi connectivity index (χ2n) is 5.73. The highest BCUT2D eigenvalue weighted by atomic mass is 79.9. The largest absolute Gasteiger partial charge is 0.496 e. The maximum Gasteiger partial charge on any atom is 0.227 e. The predicted octanol–water partition coefficient (Wildman–Crippen LogP) is 4.17. The molecule has 1 aliphatic heterocycles. The molecule has 1 fully saturated rings. The van der Waals surface area contributed by atoms with Crippen molar-refractivity contribution in [2.75, 3.05) is 20.2 Å². The molecule has 0 N–H and O–H groups in total. The number of benzene rings is 2. The Labute approximate surface area is 139 Å². The number of fused-ring (bicyclic) bond motifs is 1. The molecule has 0 aromatic heterocycles. The maximum absolute atomic E-state index is 12.6. The van der Waals surface area contributed by atoms with E-state index in [0.29, 0.717) is 6.42 Å². The van der Waals surface area contributed by atoms with E-state index in [-0.39, 0.29) is 5.91 Å². The van der Waals surface area contributed by atoms with Gasteiger partial charge in [0.15, 0.2) is 0 Å². The Morgan fingerprint density at radius 3 is 2.68 bits per heavy atom. The van der Waals surface area contributed by atoms with Crippen molar-refractivity contribution in [3.8, 4) is 5.75 Å². The predicted molar refractivity (Wildman–Crippen MR) is 92.3 cm³/mol. The first kappa shape index (κ1) is 15.3. The number of carbonyl (C=O) groups is 1. The molecule has 0 bridgehead atoms. The minimum absolute atomic E-state index is 0.202. The van der Waals surface area contributed by atoms with Crippen LogP contribution in [-0.4, -0.2) is 31.0 Å². The molecule has 0 radical (unpaired) electrons. The zero-order valence-corrected chi connectivity index (χ0v) is 14.4. The summed E-state index contributed by atoms with van der Waals surface area (Å²) in [6, 6.07) is 10.1. The SMILES string of the molecule is COc1ccc2cc(Br)ccc2c1CC(=O)N1CCCCC1. The van der Waals surface area contributed by atoms with Gasteiger partial charge in [0.25, 0.3) is 0 Å². The van der Waals surface area contributed by atoms with Crippen molar-refractivity contribution in [3.05, 3.63) is 40.4 Å². The molecule has 116 valence electrons. The van der Waals surface area contributed by atoms with Crippen LogP contribution < -0.4 is 4.74 Å². The highest BCUT2D eigenvalue weighted by molar-refractivity contribution is 9.10. The molecular weight excluding hydrogens is 342 g/mol. The van der Waals surface area contributed by atoms with E-state index < -0.39 is 0 Å². The lowest BCUT2D eigenvalue weighted by Gasteiger charge is -2.27. The van der Waals surface area contributed by atoms with E-state index in [4.69, 9.17) is 4.74 Å². The van der Waals surface area contributed by atoms with E-state index >= 15 is 0 Å². The van der Waals surface area contributed by atoms with Crippen LogP contribution in [0.4, 0.5) is 0 Å². The summed E-state index contributed by atoms with van der Waals surface area (Å²) in [4.78, 5) is 14.6. The van der Waals surface area contributed by atoms with Gasteiger partial charge in [-0.15, -0.1) is 0 Å². The van der Waals surface area contributed by atoms with Crippen molar-refractivity contribution in [3.63, 3.8) is 0 Å². The molecule has 2 aromatic rings. The molecule has 0 aliphatic carbocycles. The van der Waals surface area contributed by atoms with Gasteiger partial charge in [0, 0.05) is 23.1 Å². The Balaban J connectivity index is 1.95. The summed E-state index contributed by atoms with van der Waals surface area (Å²) < 4.78 is 6.53. The average Bonchev–Trinajstić information content (AvgIpc) is 2.55. The van der Waals surface area contributed by atoms with E-state index in [1.807, 2.05) is 23.1 Å². The minimum atomic E-state index is 0.202. The van der Waals surface area contributed by atoms with Crippen LogP contribution in [0.25, 0.3) is 10.8 Å². The summed E-state index contributed by atoms with van der Waals surface area (Å²) in [6.45, 7) is 1.77. The molecule has 4 heteroatoms. The first-order chi connectivity index (χ1) is 10.7. The van der Waals surface area contributed by atoms with E-state index in [1.165, 1.54) is 6.42 Å². The van der Waals surface area contributed by atoms with Crippen LogP contribution in [0.2, 0.25) is 0 Å².